The van der Waals surface area contributed by atoms with Gasteiger partial charge in [0.25, 0.3) is 5.91 Å². The zero-order valence-corrected chi connectivity index (χ0v) is 15.3. The summed E-state index contributed by atoms with van der Waals surface area (Å²) in [6.45, 7) is -1.08. The molecule has 30 heavy (non-hydrogen) atoms. The van der Waals surface area contributed by atoms with E-state index in [1.165, 1.54) is 6.20 Å². The number of nitrogens with one attached hydrogen (secondary N) is 3. The van der Waals surface area contributed by atoms with Crippen molar-refractivity contribution >= 4 is 22.7 Å². The molecule has 0 unspecified atom stereocenters. The summed E-state index contributed by atoms with van der Waals surface area (Å²) in [5.74, 6) is -2.64. The van der Waals surface area contributed by atoms with E-state index in [4.69, 9.17) is 0 Å². The summed E-state index contributed by atoms with van der Waals surface area (Å²) in [5, 5.41) is 4.76. The molecule has 0 spiro atoms. The highest BCUT2D eigenvalue weighted by atomic mass is 19.4. The Morgan fingerprint density at radius 2 is 1.77 bits per heavy atom. The average Bonchev–Trinajstić information content (AvgIpc) is 2.71. The molecule has 6 nitrogen and oxygen atoms in total. The lowest BCUT2D eigenvalue weighted by Gasteiger charge is -2.14. The summed E-state index contributed by atoms with van der Waals surface area (Å²) >= 11 is 0. The number of alkyl halides is 3. The third-order valence-corrected chi connectivity index (χ3v) is 4.30. The number of aromatic amines is 1. The number of carbonyl (C=O) groups is 2. The lowest BCUT2D eigenvalue weighted by molar-refractivity contribution is -0.138. The van der Waals surface area contributed by atoms with E-state index >= 15 is 0 Å². The Balaban J connectivity index is 1.63. The van der Waals surface area contributed by atoms with Crippen LogP contribution in [0.25, 0.3) is 10.9 Å². The van der Waals surface area contributed by atoms with E-state index in [9.17, 15) is 31.9 Å². The number of para-hydroxylation sites is 1. The Morgan fingerprint density at radius 1 is 1.03 bits per heavy atom. The van der Waals surface area contributed by atoms with Gasteiger partial charge in [-0.05, 0) is 29.8 Å². The highest BCUT2D eigenvalue weighted by Crippen LogP contribution is 2.32. The van der Waals surface area contributed by atoms with Crippen molar-refractivity contribution in [2.45, 2.75) is 12.7 Å². The minimum atomic E-state index is -4.78. The van der Waals surface area contributed by atoms with Gasteiger partial charge in [0.2, 0.25) is 11.3 Å². The molecule has 3 aromatic rings. The molecule has 10 heteroatoms. The predicted molar refractivity (Wildman–Crippen MR) is 100 cm³/mol. The van der Waals surface area contributed by atoms with Gasteiger partial charge in [0, 0.05) is 23.6 Å². The Morgan fingerprint density at radius 3 is 2.50 bits per heavy atom. The fraction of sp³-hybridized carbons (Fsp3) is 0.150. The largest absolute Gasteiger partial charge is 0.416 e. The van der Waals surface area contributed by atoms with Crippen molar-refractivity contribution in [1.82, 2.24) is 15.6 Å². The number of aromatic nitrogens is 1. The van der Waals surface area contributed by atoms with E-state index in [-0.39, 0.29) is 11.1 Å². The maximum atomic E-state index is 13.1. The van der Waals surface area contributed by atoms with Crippen LogP contribution in [0, 0.1) is 5.82 Å². The zero-order chi connectivity index (χ0) is 21.9. The van der Waals surface area contributed by atoms with E-state index in [2.05, 4.69) is 15.6 Å². The second-order valence-electron chi connectivity index (χ2n) is 6.34. The van der Waals surface area contributed by atoms with Gasteiger partial charge >= 0.3 is 6.18 Å². The molecular formula is C20H15F4N3O3. The van der Waals surface area contributed by atoms with E-state index in [0.29, 0.717) is 17.0 Å². The van der Waals surface area contributed by atoms with Crippen molar-refractivity contribution in [2.75, 3.05) is 6.54 Å². The number of carbonyl (C=O) groups excluding carboxylic acids is 2. The summed E-state index contributed by atoms with van der Waals surface area (Å²) in [4.78, 5) is 39.3. The quantitative estimate of drug-likeness (QED) is 0.554. The van der Waals surface area contributed by atoms with Crippen molar-refractivity contribution in [3.63, 3.8) is 0 Å². The molecule has 156 valence electrons. The van der Waals surface area contributed by atoms with Gasteiger partial charge in [-0.2, -0.15) is 13.2 Å². The Bertz CT molecular complexity index is 1170. The van der Waals surface area contributed by atoms with Gasteiger partial charge < -0.3 is 15.6 Å². The Kier molecular flexibility index (Phi) is 5.86. The fourth-order valence-corrected chi connectivity index (χ4v) is 2.82. The van der Waals surface area contributed by atoms with E-state index < -0.39 is 47.9 Å². The molecule has 0 fully saturated rings. The lowest BCUT2D eigenvalue weighted by Crippen LogP contribution is -2.38. The molecule has 0 aliphatic carbocycles. The standard InChI is InChI=1S/C20H15F4N3O3/c21-12-6-5-11(15(7-12)20(22,23)24)8-26-17(28)10-27-19(30)14-9-25-16-4-2-1-3-13(16)18(14)29/h1-7,9H,8,10H2,(H,25,29)(H,26,28)(H,27,30). The highest BCUT2D eigenvalue weighted by molar-refractivity contribution is 5.98. The van der Waals surface area contributed by atoms with Gasteiger partial charge in [0.15, 0.2) is 0 Å². The van der Waals surface area contributed by atoms with Gasteiger partial charge in [-0.15, -0.1) is 0 Å². The Hall–Kier alpha value is -3.69. The molecule has 2 aromatic carbocycles. The smallest absolute Gasteiger partial charge is 0.360 e. The van der Waals surface area contributed by atoms with Crippen LogP contribution in [-0.2, 0) is 17.5 Å². The van der Waals surface area contributed by atoms with Gasteiger partial charge in [-0.25, -0.2) is 4.39 Å². The van der Waals surface area contributed by atoms with Gasteiger partial charge in [-0.3, -0.25) is 14.4 Å². The van der Waals surface area contributed by atoms with Crippen LogP contribution in [0.5, 0.6) is 0 Å². The molecule has 2 amide bonds. The highest BCUT2D eigenvalue weighted by Gasteiger charge is 2.33. The number of rotatable bonds is 5. The molecule has 1 aromatic heterocycles. The summed E-state index contributed by atoms with van der Waals surface area (Å²) in [7, 11) is 0. The average molecular weight is 421 g/mol. The number of hydrogen-bond donors (Lipinski definition) is 3. The van der Waals surface area contributed by atoms with Gasteiger partial charge in [0.1, 0.15) is 11.4 Å². The number of pyridine rings is 1. The van der Waals surface area contributed by atoms with Crippen molar-refractivity contribution in [2.24, 2.45) is 0 Å². The van der Waals surface area contributed by atoms with Crippen LogP contribution in [0.2, 0.25) is 0 Å². The van der Waals surface area contributed by atoms with Gasteiger partial charge in [0.05, 0.1) is 12.1 Å². The van der Waals surface area contributed by atoms with Crippen LogP contribution in [0.1, 0.15) is 21.5 Å². The third-order valence-electron chi connectivity index (χ3n) is 4.30. The molecule has 3 rings (SSSR count). The maximum Gasteiger partial charge on any atom is 0.416 e. The zero-order valence-electron chi connectivity index (χ0n) is 15.3. The molecule has 3 N–H and O–H groups in total. The fourth-order valence-electron chi connectivity index (χ4n) is 2.82. The van der Waals surface area contributed by atoms with Crippen molar-refractivity contribution in [3.8, 4) is 0 Å². The number of H-pyrrole nitrogens is 1. The van der Waals surface area contributed by atoms with Crippen LogP contribution in [0.4, 0.5) is 17.6 Å². The number of fused-ring (bicyclic) bond motifs is 1. The second kappa shape index (κ2) is 8.36. The second-order valence-corrected chi connectivity index (χ2v) is 6.34. The third kappa shape index (κ3) is 4.65. The van der Waals surface area contributed by atoms with Crippen molar-refractivity contribution in [1.29, 1.82) is 0 Å². The minimum absolute atomic E-state index is 0.209. The normalized spacial score (nSPS) is 11.3. The van der Waals surface area contributed by atoms with Crippen LogP contribution in [0.3, 0.4) is 0 Å². The van der Waals surface area contributed by atoms with Crippen molar-refractivity contribution in [3.05, 3.63) is 81.4 Å². The molecule has 0 aliphatic rings. The topological polar surface area (TPSA) is 91.1 Å². The van der Waals surface area contributed by atoms with Crippen LogP contribution in [0.15, 0.2) is 53.5 Å². The first-order chi connectivity index (χ1) is 14.2. The van der Waals surface area contributed by atoms with Gasteiger partial charge in [-0.1, -0.05) is 18.2 Å². The minimum Gasteiger partial charge on any atom is -0.360 e. The molecule has 0 saturated carbocycles. The monoisotopic (exact) mass is 421 g/mol. The Labute approximate surface area is 166 Å². The maximum absolute atomic E-state index is 13.1. The number of benzene rings is 2. The molecule has 1 heterocycles. The number of hydrogen-bond acceptors (Lipinski definition) is 3. The van der Waals surface area contributed by atoms with E-state index in [0.717, 1.165) is 12.1 Å². The first kappa shape index (κ1) is 21.0. The molecular weight excluding hydrogens is 406 g/mol. The molecule has 0 bridgehead atoms. The SMILES string of the molecule is O=C(CNC(=O)c1c[nH]c2ccccc2c1=O)NCc1ccc(F)cc1C(F)(F)F. The predicted octanol–water partition coefficient (Wildman–Crippen LogP) is 2.73. The van der Waals surface area contributed by atoms with Crippen molar-refractivity contribution < 1.29 is 27.2 Å². The number of amides is 2. The molecule has 0 atom stereocenters. The molecule has 0 aliphatic heterocycles. The number of halogens is 4. The van der Waals surface area contributed by atoms with E-state index in [1.807, 2.05) is 0 Å². The first-order valence-corrected chi connectivity index (χ1v) is 8.68. The summed E-state index contributed by atoms with van der Waals surface area (Å²) in [6, 6.07) is 8.67. The van der Waals surface area contributed by atoms with Crippen LogP contribution < -0.4 is 16.1 Å². The van der Waals surface area contributed by atoms with E-state index in [1.54, 1.807) is 24.3 Å². The van der Waals surface area contributed by atoms with Crippen LogP contribution >= 0.6 is 0 Å². The summed E-state index contributed by atoms with van der Waals surface area (Å²) < 4.78 is 52.0. The molecule has 0 radical (unpaired) electrons. The summed E-state index contributed by atoms with van der Waals surface area (Å²) in [6.07, 6.45) is -3.57. The molecule has 0 saturated heterocycles. The summed E-state index contributed by atoms with van der Waals surface area (Å²) in [5.41, 5.74) is -1.72. The first-order valence-electron chi connectivity index (χ1n) is 8.68. The lowest BCUT2D eigenvalue weighted by atomic mass is 10.1. The van der Waals surface area contributed by atoms with Crippen LogP contribution in [-0.4, -0.2) is 23.3 Å².